The molecule has 6 rings (SSSR count). The van der Waals surface area contributed by atoms with Gasteiger partial charge in [-0.1, -0.05) is 45.0 Å². The number of aromatic nitrogens is 3. The number of fused-ring (bicyclic) bond motifs is 2. The van der Waals surface area contributed by atoms with Crippen LogP contribution < -0.4 is 31.0 Å². The van der Waals surface area contributed by atoms with Gasteiger partial charge in [-0.2, -0.15) is 4.31 Å². The van der Waals surface area contributed by atoms with Crippen LogP contribution in [0.15, 0.2) is 66.0 Å². The van der Waals surface area contributed by atoms with Crippen molar-refractivity contribution in [2.75, 3.05) is 49.1 Å². The number of ether oxygens (including phenoxy) is 2. The second-order valence-corrected chi connectivity index (χ2v) is 16.5. The van der Waals surface area contributed by atoms with Crippen molar-refractivity contribution < 1.29 is 27.8 Å². The van der Waals surface area contributed by atoms with Crippen LogP contribution in [0.5, 0.6) is 11.9 Å². The number of pyridine rings is 1. The Kier molecular flexibility index (Phi) is 11.6. The zero-order chi connectivity index (χ0) is 39.7. The Labute approximate surface area is 322 Å². The summed E-state index contributed by atoms with van der Waals surface area (Å²) >= 11 is 0. The number of carbonyl (C=O) groups excluding carboxylic acids is 1. The Morgan fingerprint density at radius 1 is 1.15 bits per heavy atom. The number of aliphatic hydroxyl groups excluding tert-OH is 1. The highest BCUT2D eigenvalue weighted by Crippen LogP contribution is 2.48. The first-order valence-corrected chi connectivity index (χ1v) is 19.9. The van der Waals surface area contributed by atoms with Crippen LogP contribution in [0, 0.1) is 19.3 Å². The fourth-order valence-corrected chi connectivity index (χ4v) is 8.68. The minimum absolute atomic E-state index is 0.0391. The predicted molar refractivity (Wildman–Crippen MR) is 210 cm³/mol. The maximum atomic E-state index is 14.5. The molecule has 0 saturated carbocycles. The molecule has 0 fully saturated rings. The van der Waals surface area contributed by atoms with E-state index in [4.69, 9.17) is 15.2 Å². The van der Waals surface area contributed by atoms with E-state index in [9.17, 15) is 18.3 Å². The summed E-state index contributed by atoms with van der Waals surface area (Å²) in [5, 5.41) is 16.3. The van der Waals surface area contributed by atoms with E-state index in [-0.39, 0.29) is 55.1 Å². The lowest BCUT2D eigenvalue weighted by atomic mass is 9.69. The van der Waals surface area contributed by atoms with E-state index >= 15 is 0 Å². The van der Waals surface area contributed by atoms with Crippen LogP contribution in [0.1, 0.15) is 67.9 Å². The Hall–Kier alpha value is -4.87. The summed E-state index contributed by atoms with van der Waals surface area (Å²) in [7, 11) is -1.99. The van der Waals surface area contributed by atoms with Crippen LogP contribution in [0.2, 0.25) is 0 Å². The van der Waals surface area contributed by atoms with E-state index in [0.717, 1.165) is 45.7 Å². The van der Waals surface area contributed by atoms with Crippen molar-refractivity contribution in [1.29, 1.82) is 0 Å². The van der Waals surface area contributed by atoms with Gasteiger partial charge in [0.05, 0.1) is 54.1 Å². The van der Waals surface area contributed by atoms with Gasteiger partial charge in [0.25, 0.3) is 0 Å². The maximum Gasteiger partial charge on any atom is 0.316 e. The number of benzene rings is 2. The van der Waals surface area contributed by atoms with Gasteiger partial charge < -0.3 is 25.6 Å². The summed E-state index contributed by atoms with van der Waals surface area (Å²) in [4.78, 5) is 27.2. The number of hydrazine groups is 2. The first-order valence-electron chi connectivity index (χ1n) is 18.4. The number of sulfonamides is 1. The number of nitrogens with one attached hydrogen (secondary N) is 2. The maximum absolute atomic E-state index is 14.5. The van der Waals surface area contributed by atoms with Gasteiger partial charge in [0.2, 0.25) is 21.8 Å². The van der Waals surface area contributed by atoms with E-state index in [0.29, 0.717) is 12.1 Å². The molecule has 15 nitrogen and oxygen atoms in total. The standard InChI is InChI=1S/C39H51N9O6S/c1-8-30-21-47(55(51,52)33-11-10-16-41-36(33)54-30)20-27-17-26(13-12-24(27)3)34(31-14-15-32-35(25(31)4)45-46(7)48(32)9-2)39(5,6)37(50)44-29-18-42-38(43-19-29)53-23-28(40)22-49/h10-19,28,30,34,45,49H,8-9,20-23,40H2,1-7H3,(H,44,50)/t28?,30-,34+/m1/s1. The van der Waals surface area contributed by atoms with E-state index in [1.165, 1.54) is 29.0 Å². The number of amides is 1. The molecule has 2 aliphatic heterocycles. The molecule has 2 aromatic carbocycles. The summed E-state index contributed by atoms with van der Waals surface area (Å²) in [5.41, 5.74) is 15.0. The van der Waals surface area contributed by atoms with E-state index in [1.54, 1.807) is 6.07 Å². The fourth-order valence-electron chi connectivity index (χ4n) is 7.16. The molecule has 0 saturated heterocycles. The quantitative estimate of drug-likeness (QED) is 0.150. The number of hydrogen-bond donors (Lipinski definition) is 4. The molecule has 2 aromatic heterocycles. The Balaban J connectivity index is 1.39. The number of anilines is 3. The van der Waals surface area contributed by atoms with E-state index in [2.05, 4.69) is 56.7 Å². The van der Waals surface area contributed by atoms with Crippen molar-refractivity contribution in [3.05, 3.63) is 88.9 Å². The fraction of sp³-hybridized carbons (Fsp3) is 0.436. The molecule has 1 amide bonds. The molecule has 0 aliphatic carbocycles. The molecule has 1 unspecified atom stereocenters. The van der Waals surface area contributed by atoms with Crippen molar-refractivity contribution in [3.63, 3.8) is 0 Å². The average molecular weight is 774 g/mol. The smallest absolute Gasteiger partial charge is 0.316 e. The lowest BCUT2D eigenvalue weighted by Crippen LogP contribution is -2.38. The average Bonchev–Trinajstić information content (AvgIpc) is 3.45. The number of aryl methyl sites for hydroxylation is 1. The third-order valence-electron chi connectivity index (χ3n) is 10.4. The molecule has 4 heterocycles. The Morgan fingerprint density at radius 3 is 2.58 bits per heavy atom. The van der Waals surface area contributed by atoms with Crippen molar-refractivity contribution >= 4 is 33.0 Å². The summed E-state index contributed by atoms with van der Waals surface area (Å²) in [5.74, 6) is -0.649. The van der Waals surface area contributed by atoms with Crippen LogP contribution in [-0.2, 0) is 21.4 Å². The normalized spacial score (nSPS) is 18.0. The minimum atomic E-state index is -3.95. The van der Waals surface area contributed by atoms with Crippen molar-refractivity contribution in [2.45, 2.75) is 77.5 Å². The van der Waals surface area contributed by atoms with Crippen LogP contribution in [0.25, 0.3) is 0 Å². The largest absolute Gasteiger partial charge is 0.472 e. The van der Waals surface area contributed by atoms with Crippen LogP contribution in [0.3, 0.4) is 0 Å². The second kappa shape index (κ2) is 16.1. The minimum Gasteiger partial charge on any atom is -0.472 e. The van der Waals surface area contributed by atoms with E-state index < -0.39 is 27.4 Å². The van der Waals surface area contributed by atoms with Crippen molar-refractivity contribution in [2.24, 2.45) is 11.1 Å². The molecule has 0 radical (unpaired) electrons. The SMILES string of the molecule is CC[C@@H]1CN(Cc2cc([C@@H](c3ccc4c(c3C)NN(C)N4CC)C(C)(C)C(=O)Nc3cnc(OCC(N)CO)nc3)ccc2C)S(=O)(=O)c2cccnc2O1. The highest BCUT2D eigenvalue weighted by molar-refractivity contribution is 7.89. The van der Waals surface area contributed by atoms with Gasteiger partial charge in [0, 0.05) is 32.3 Å². The molecule has 4 aromatic rings. The molecule has 0 spiro atoms. The third-order valence-corrected chi connectivity index (χ3v) is 12.2. The highest BCUT2D eigenvalue weighted by atomic mass is 32.2. The van der Waals surface area contributed by atoms with Crippen LogP contribution in [0.4, 0.5) is 17.1 Å². The molecular weight excluding hydrogens is 723 g/mol. The molecule has 3 atom stereocenters. The van der Waals surface area contributed by atoms with Gasteiger partial charge in [0.1, 0.15) is 17.6 Å². The second-order valence-electron chi connectivity index (χ2n) is 14.6. The lowest BCUT2D eigenvalue weighted by molar-refractivity contribution is -0.124. The molecule has 16 heteroatoms. The Morgan fingerprint density at radius 2 is 1.89 bits per heavy atom. The Bertz CT molecular complexity index is 2130. The zero-order valence-electron chi connectivity index (χ0n) is 32.4. The number of nitrogens with two attached hydrogens (primary N) is 1. The van der Waals surface area contributed by atoms with Gasteiger partial charge in [-0.05, 0) is 73.2 Å². The first-order chi connectivity index (χ1) is 26.2. The number of rotatable bonds is 13. The van der Waals surface area contributed by atoms with Crippen molar-refractivity contribution in [3.8, 4) is 11.9 Å². The van der Waals surface area contributed by atoms with Gasteiger partial charge in [-0.25, -0.2) is 23.4 Å². The van der Waals surface area contributed by atoms with Gasteiger partial charge in [0.15, 0.2) is 0 Å². The predicted octanol–water partition coefficient (Wildman–Crippen LogP) is 4.36. The van der Waals surface area contributed by atoms with Crippen LogP contribution in [-0.4, -0.2) is 89.3 Å². The zero-order valence-corrected chi connectivity index (χ0v) is 33.2. The summed E-state index contributed by atoms with van der Waals surface area (Å²) in [6.45, 7) is 12.7. The molecule has 2 aliphatic rings. The molecule has 0 bridgehead atoms. The highest BCUT2D eigenvalue weighted by Gasteiger charge is 2.42. The third kappa shape index (κ3) is 7.95. The van der Waals surface area contributed by atoms with Gasteiger partial charge >= 0.3 is 6.01 Å². The van der Waals surface area contributed by atoms with Gasteiger partial charge in [-0.3, -0.25) is 15.2 Å². The number of carbonyl (C=O) groups is 1. The van der Waals surface area contributed by atoms with Crippen LogP contribution >= 0.6 is 0 Å². The monoisotopic (exact) mass is 773 g/mol. The van der Waals surface area contributed by atoms with Crippen molar-refractivity contribution in [1.82, 2.24) is 24.4 Å². The molecule has 55 heavy (non-hydrogen) atoms. The lowest BCUT2D eigenvalue weighted by Gasteiger charge is -2.36. The summed E-state index contributed by atoms with van der Waals surface area (Å²) in [6, 6.07) is 12.8. The number of nitrogens with zero attached hydrogens (tertiary/aromatic N) is 6. The molecule has 5 N–H and O–H groups in total. The van der Waals surface area contributed by atoms with Gasteiger partial charge in [-0.15, -0.1) is 5.12 Å². The molecular formula is C39H51N9O6S. The number of hydrogen-bond acceptors (Lipinski definition) is 13. The van der Waals surface area contributed by atoms with E-state index in [1.807, 2.05) is 58.1 Å². The summed E-state index contributed by atoms with van der Waals surface area (Å²) in [6.07, 6.45) is 4.67. The topological polar surface area (TPSA) is 188 Å². The number of aliphatic hydroxyl groups is 1. The molecule has 294 valence electrons. The summed E-state index contributed by atoms with van der Waals surface area (Å²) < 4.78 is 41.2. The first kappa shape index (κ1) is 39.8.